The van der Waals surface area contributed by atoms with E-state index in [1.807, 2.05) is 18.5 Å². The van der Waals surface area contributed by atoms with Gasteiger partial charge >= 0.3 is 6.09 Å². The Bertz CT molecular complexity index is 1440. The highest BCUT2D eigenvalue weighted by Crippen LogP contribution is 2.23. The second-order valence-corrected chi connectivity index (χ2v) is 12.4. The third kappa shape index (κ3) is 10.5. The number of hydrogen-bond acceptors (Lipinski definition) is 12. The first kappa shape index (κ1) is 34.9. The van der Waals surface area contributed by atoms with Crippen LogP contribution in [0.15, 0.2) is 47.6 Å². The average Bonchev–Trinajstić information content (AvgIpc) is 3.30. The summed E-state index contributed by atoms with van der Waals surface area (Å²) in [7, 11) is -0.768. The van der Waals surface area contributed by atoms with Crippen molar-refractivity contribution in [2.75, 3.05) is 65.2 Å². The molecule has 0 fully saturated rings. The van der Waals surface area contributed by atoms with E-state index in [0.29, 0.717) is 48.1 Å². The number of carbonyl (C=O) groups is 1. The Kier molecular flexibility index (Phi) is 13.0. The number of benzene rings is 1. The average molecular weight is 635 g/mol. The first-order valence-electron chi connectivity index (χ1n) is 14.1. The van der Waals surface area contributed by atoms with Gasteiger partial charge in [-0.05, 0) is 58.0 Å². The zero-order chi connectivity index (χ0) is 32.2. The van der Waals surface area contributed by atoms with E-state index >= 15 is 0 Å². The molecule has 2 aromatic heterocycles. The Morgan fingerprint density at radius 1 is 0.932 bits per heavy atom. The first-order valence-corrected chi connectivity index (χ1v) is 15.5. The second kappa shape index (κ2) is 16.4. The lowest BCUT2D eigenvalue weighted by Gasteiger charge is -2.27. The largest absolute Gasteiger partial charge is 0.443 e. The number of ether oxygens (including phenoxy) is 5. The van der Waals surface area contributed by atoms with E-state index in [9.17, 15) is 13.2 Å². The van der Waals surface area contributed by atoms with Crippen LogP contribution in [-0.2, 0) is 40.8 Å². The lowest BCUT2D eigenvalue weighted by atomic mass is 10.2. The molecule has 0 aliphatic heterocycles. The number of aromatic nitrogens is 4. The van der Waals surface area contributed by atoms with Gasteiger partial charge in [-0.25, -0.2) is 28.2 Å². The topological polar surface area (TPSA) is 156 Å². The Morgan fingerprint density at radius 2 is 1.55 bits per heavy atom. The van der Waals surface area contributed by atoms with E-state index in [4.69, 9.17) is 23.7 Å². The van der Waals surface area contributed by atoms with Crippen LogP contribution in [0.4, 0.5) is 16.4 Å². The van der Waals surface area contributed by atoms with Gasteiger partial charge in [0.1, 0.15) is 11.4 Å². The second-order valence-electron chi connectivity index (χ2n) is 10.6. The number of hydrogen-bond donors (Lipinski definition) is 1. The Hall–Kier alpha value is -3.63. The molecule has 0 unspecified atom stereocenters. The maximum atomic E-state index is 13.5. The van der Waals surface area contributed by atoms with E-state index in [2.05, 4.69) is 20.3 Å². The van der Waals surface area contributed by atoms with Crippen LogP contribution < -0.4 is 5.32 Å². The highest BCUT2D eigenvalue weighted by atomic mass is 32.2. The van der Waals surface area contributed by atoms with Crippen LogP contribution in [0.2, 0.25) is 0 Å². The number of amides is 1. The molecular weight excluding hydrogens is 592 g/mol. The molecule has 0 saturated heterocycles. The van der Waals surface area contributed by atoms with E-state index in [1.165, 1.54) is 12.1 Å². The molecule has 3 rings (SSSR count). The van der Waals surface area contributed by atoms with E-state index in [1.54, 1.807) is 58.5 Å². The predicted octanol–water partition coefficient (Wildman–Crippen LogP) is 3.55. The minimum absolute atomic E-state index is 0.0460. The Morgan fingerprint density at radius 3 is 2.11 bits per heavy atom. The van der Waals surface area contributed by atoms with Crippen molar-refractivity contribution in [1.82, 2.24) is 23.8 Å². The molecule has 242 valence electrons. The van der Waals surface area contributed by atoms with E-state index in [0.717, 1.165) is 11.5 Å². The SMILES string of the molecule is COCCOCCOCCOCCN(C(=O)OC(C)(C)C)S(=O)(=O)c1ccc(Nc2nccc(-c3cnc(C)n3C)n2)cc1. The molecule has 0 aliphatic rings. The van der Waals surface area contributed by atoms with Crippen molar-refractivity contribution in [3.8, 4) is 11.4 Å². The third-order valence-electron chi connectivity index (χ3n) is 6.05. The number of imidazole rings is 1. The van der Waals surface area contributed by atoms with Crippen LogP contribution in [0.5, 0.6) is 0 Å². The van der Waals surface area contributed by atoms with Crippen LogP contribution in [0.3, 0.4) is 0 Å². The maximum Gasteiger partial charge on any atom is 0.424 e. The van der Waals surface area contributed by atoms with Crippen LogP contribution in [0.1, 0.15) is 26.6 Å². The lowest BCUT2D eigenvalue weighted by Crippen LogP contribution is -2.42. The fraction of sp³-hybridized carbons (Fsp3) is 0.517. The number of nitrogens with one attached hydrogen (secondary N) is 1. The van der Waals surface area contributed by atoms with Crippen molar-refractivity contribution in [1.29, 1.82) is 0 Å². The standard InChI is InChI=1S/C29H42N6O8S/c1-22-31-21-26(34(22)5)25-11-12-30-27(33-25)32-23-7-9-24(10-8-23)44(37,38)35(28(36)43-29(2,3)4)13-14-40-17-18-42-20-19-41-16-15-39-6/h7-12,21H,13-20H2,1-6H3,(H,30,32,33). The van der Waals surface area contributed by atoms with E-state index < -0.39 is 21.7 Å². The molecule has 15 heteroatoms. The molecule has 0 radical (unpaired) electrons. The molecule has 0 atom stereocenters. The predicted molar refractivity (Wildman–Crippen MR) is 163 cm³/mol. The number of methoxy groups -OCH3 is 1. The summed E-state index contributed by atoms with van der Waals surface area (Å²) < 4.78 is 56.2. The van der Waals surface area contributed by atoms with Crippen molar-refractivity contribution in [3.05, 3.63) is 48.5 Å². The maximum absolute atomic E-state index is 13.5. The number of nitrogens with zero attached hydrogens (tertiary/aromatic N) is 5. The van der Waals surface area contributed by atoms with Crippen LogP contribution in [0, 0.1) is 6.92 Å². The van der Waals surface area contributed by atoms with Crippen molar-refractivity contribution in [3.63, 3.8) is 0 Å². The monoisotopic (exact) mass is 634 g/mol. The zero-order valence-electron chi connectivity index (χ0n) is 26.1. The number of rotatable bonds is 17. The molecule has 1 aromatic carbocycles. The quantitative estimate of drug-likeness (QED) is 0.216. The number of anilines is 2. The molecule has 0 aliphatic carbocycles. The molecule has 0 saturated carbocycles. The van der Waals surface area contributed by atoms with Crippen LogP contribution in [-0.4, -0.2) is 104 Å². The summed E-state index contributed by atoms with van der Waals surface area (Å²) in [6.45, 7) is 8.90. The number of carbonyl (C=O) groups excluding carboxylic acids is 1. The summed E-state index contributed by atoms with van der Waals surface area (Å²) in [5, 5.41) is 3.08. The van der Waals surface area contributed by atoms with Crippen LogP contribution >= 0.6 is 0 Å². The van der Waals surface area contributed by atoms with Gasteiger partial charge in [0.2, 0.25) is 5.95 Å². The molecule has 2 heterocycles. The van der Waals surface area contributed by atoms with Gasteiger partial charge in [0.25, 0.3) is 10.0 Å². The Labute approximate surface area is 258 Å². The zero-order valence-corrected chi connectivity index (χ0v) is 26.9. The highest BCUT2D eigenvalue weighted by Gasteiger charge is 2.33. The Balaban J connectivity index is 1.62. The van der Waals surface area contributed by atoms with Gasteiger partial charge in [-0.1, -0.05) is 0 Å². The normalized spacial score (nSPS) is 11.9. The fourth-order valence-electron chi connectivity index (χ4n) is 3.72. The molecular formula is C29H42N6O8S. The van der Waals surface area contributed by atoms with Gasteiger partial charge in [0.05, 0.1) is 75.3 Å². The lowest BCUT2D eigenvalue weighted by molar-refractivity contribution is 0.000996. The molecule has 44 heavy (non-hydrogen) atoms. The summed E-state index contributed by atoms with van der Waals surface area (Å²) in [6.07, 6.45) is 2.36. The van der Waals surface area contributed by atoms with Gasteiger partial charge in [-0.2, -0.15) is 4.31 Å². The van der Waals surface area contributed by atoms with Gasteiger partial charge in [-0.15, -0.1) is 0 Å². The minimum atomic E-state index is -4.27. The first-order chi connectivity index (χ1) is 20.9. The molecule has 1 amide bonds. The summed E-state index contributed by atoms with van der Waals surface area (Å²) in [6, 6.07) is 7.70. The number of aryl methyl sites for hydroxylation is 1. The third-order valence-corrected chi connectivity index (χ3v) is 7.83. The van der Waals surface area contributed by atoms with E-state index in [-0.39, 0.29) is 31.3 Å². The van der Waals surface area contributed by atoms with Crippen molar-refractivity contribution < 1.29 is 36.9 Å². The smallest absolute Gasteiger partial charge is 0.424 e. The summed E-state index contributed by atoms with van der Waals surface area (Å²) >= 11 is 0. The molecule has 0 bridgehead atoms. The molecule has 0 spiro atoms. The van der Waals surface area contributed by atoms with Gasteiger partial charge in [0.15, 0.2) is 0 Å². The summed E-state index contributed by atoms with van der Waals surface area (Å²) in [5.41, 5.74) is 1.16. The van der Waals surface area contributed by atoms with Gasteiger partial charge in [0, 0.05) is 26.0 Å². The van der Waals surface area contributed by atoms with Gasteiger partial charge in [-0.3, -0.25) is 0 Å². The highest BCUT2D eigenvalue weighted by molar-refractivity contribution is 7.89. The van der Waals surface area contributed by atoms with Crippen molar-refractivity contribution >= 4 is 27.8 Å². The fourth-order valence-corrected chi connectivity index (χ4v) is 5.01. The molecule has 1 N–H and O–H groups in total. The van der Waals surface area contributed by atoms with Crippen molar-refractivity contribution in [2.24, 2.45) is 7.05 Å². The molecule has 3 aromatic rings. The summed E-state index contributed by atoms with van der Waals surface area (Å²) in [5.74, 6) is 1.17. The minimum Gasteiger partial charge on any atom is -0.443 e. The molecule has 14 nitrogen and oxygen atoms in total. The van der Waals surface area contributed by atoms with Crippen LogP contribution in [0.25, 0.3) is 11.4 Å². The van der Waals surface area contributed by atoms with Gasteiger partial charge < -0.3 is 33.6 Å². The number of sulfonamides is 1. The summed E-state index contributed by atoms with van der Waals surface area (Å²) in [4.78, 5) is 26.0. The van der Waals surface area contributed by atoms with Crippen molar-refractivity contribution in [2.45, 2.75) is 38.2 Å².